The average Bonchev–Trinajstić information content (AvgIpc) is 3.15. The van der Waals surface area contributed by atoms with Gasteiger partial charge in [-0.3, -0.25) is 9.59 Å². The number of alkyl carbamates (subject to hydrolysis) is 1. The van der Waals surface area contributed by atoms with Gasteiger partial charge in [-0.25, -0.2) is 4.79 Å². The number of nitrogens with one attached hydrogen (secondary N) is 1. The summed E-state index contributed by atoms with van der Waals surface area (Å²) in [5.74, 6) is -1.39. The van der Waals surface area contributed by atoms with Crippen molar-refractivity contribution in [3.63, 3.8) is 0 Å². The highest BCUT2D eigenvalue weighted by molar-refractivity contribution is 5.86. The van der Waals surface area contributed by atoms with Crippen LogP contribution in [0.5, 0.6) is 0 Å². The Balaban J connectivity index is 1.43. The van der Waals surface area contributed by atoms with Crippen molar-refractivity contribution < 1.29 is 24.2 Å². The highest BCUT2D eigenvalue weighted by Crippen LogP contribution is 2.44. The van der Waals surface area contributed by atoms with E-state index in [0.717, 1.165) is 34.2 Å². The van der Waals surface area contributed by atoms with Gasteiger partial charge in [0.25, 0.3) is 0 Å². The first-order valence-corrected chi connectivity index (χ1v) is 11.6. The van der Waals surface area contributed by atoms with Gasteiger partial charge in [0, 0.05) is 25.4 Å². The van der Waals surface area contributed by atoms with Gasteiger partial charge in [0.15, 0.2) is 0 Å². The lowest BCUT2D eigenvalue weighted by molar-refractivity contribution is -0.138. The summed E-state index contributed by atoms with van der Waals surface area (Å²) in [6, 6.07) is 15.2. The molecule has 2 aromatic carbocycles. The Labute approximate surface area is 199 Å². The van der Waals surface area contributed by atoms with Crippen molar-refractivity contribution in [1.29, 1.82) is 0 Å². The molecule has 1 aliphatic heterocycles. The molecule has 0 bridgehead atoms. The molecule has 2 aliphatic rings. The molecule has 0 aromatic heterocycles. The molecular formula is C27H30N2O5. The second kappa shape index (κ2) is 10.1. The lowest BCUT2D eigenvalue weighted by atomic mass is 9.98. The highest BCUT2D eigenvalue weighted by atomic mass is 16.5. The van der Waals surface area contributed by atoms with Crippen LogP contribution in [-0.2, 0) is 14.3 Å². The molecule has 2 aromatic rings. The molecule has 1 atom stereocenters. The van der Waals surface area contributed by atoms with Crippen LogP contribution in [0.3, 0.4) is 0 Å². The number of hydrogen-bond donors (Lipinski definition) is 2. The molecule has 0 spiro atoms. The number of ether oxygens (including phenoxy) is 1. The van der Waals surface area contributed by atoms with E-state index in [9.17, 15) is 14.4 Å². The minimum Gasteiger partial charge on any atom is -0.481 e. The molecule has 7 nitrogen and oxygen atoms in total. The van der Waals surface area contributed by atoms with Gasteiger partial charge >= 0.3 is 12.1 Å². The first-order chi connectivity index (χ1) is 16.3. The zero-order valence-electron chi connectivity index (χ0n) is 19.5. The van der Waals surface area contributed by atoms with E-state index in [1.165, 1.54) is 5.57 Å². The van der Waals surface area contributed by atoms with Gasteiger partial charge < -0.3 is 20.1 Å². The van der Waals surface area contributed by atoms with Crippen molar-refractivity contribution >= 4 is 18.0 Å². The average molecular weight is 463 g/mol. The summed E-state index contributed by atoms with van der Waals surface area (Å²) in [7, 11) is 0. The van der Waals surface area contributed by atoms with E-state index in [1.807, 2.05) is 50.2 Å². The first-order valence-electron chi connectivity index (χ1n) is 11.6. The van der Waals surface area contributed by atoms with Crippen molar-refractivity contribution in [1.82, 2.24) is 10.2 Å². The monoisotopic (exact) mass is 462 g/mol. The van der Waals surface area contributed by atoms with Gasteiger partial charge in [-0.15, -0.1) is 0 Å². The van der Waals surface area contributed by atoms with Crippen molar-refractivity contribution in [2.45, 2.75) is 45.1 Å². The van der Waals surface area contributed by atoms with Gasteiger partial charge in [0.05, 0.1) is 0 Å². The highest BCUT2D eigenvalue weighted by Gasteiger charge is 2.31. The summed E-state index contributed by atoms with van der Waals surface area (Å²) in [4.78, 5) is 38.7. The number of carboxylic acids is 1. The lowest BCUT2D eigenvalue weighted by Crippen LogP contribution is -2.50. The predicted molar refractivity (Wildman–Crippen MR) is 128 cm³/mol. The number of benzene rings is 2. The van der Waals surface area contributed by atoms with Crippen LogP contribution in [-0.4, -0.2) is 53.7 Å². The predicted octanol–water partition coefficient (Wildman–Crippen LogP) is 4.33. The quantitative estimate of drug-likeness (QED) is 0.597. The Kier molecular flexibility index (Phi) is 7.01. The molecule has 178 valence electrons. The fraction of sp³-hybridized carbons (Fsp3) is 0.370. The fourth-order valence-electron chi connectivity index (χ4n) is 4.73. The molecule has 1 aliphatic carbocycles. The van der Waals surface area contributed by atoms with E-state index in [4.69, 9.17) is 9.84 Å². The molecule has 1 unspecified atom stereocenters. The van der Waals surface area contributed by atoms with E-state index >= 15 is 0 Å². The van der Waals surface area contributed by atoms with Crippen molar-refractivity contribution in [2.24, 2.45) is 0 Å². The normalized spacial score (nSPS) is 16.0. The van der Waals surface area contributed by atoms with Crippen LogP contribution in [0.25, 0.3) is 11.1 Å². The van der Waals surface area contributed by atoms with Crippen molar-refractivity contribution in [3.05, 3.63) is 70.8 Å². The summed E-state index contributed by atoms with van der Waals surface area (Å²) in [5.41, 5.74) is 6.84. The van der Waals surface area contributed by atoms with Crippen LogP contribution in [0.2, 0.25) is 0 Å². The number of nitrogens with zero attached hydrogens (tertiary/aromatic N) is 1. The van der Waals surface area contributed by atoms with E-state index in [2.05, 4.69) is 17.4 Å². The summed E-state index contributed by atoms with van der Waals surface area (Å²) >= 11 is 0. The third kappa shape index (κ3) is 4.98. The Hall–Kier alpha value is -3.61. The Morgan fingerprint density at radius 1 is 1.03 bits per heavy atom. The molecule has 1 heterocycles. The van der Waals surface area contributed by atoms with Crippen LogP contribution in [0.1, 0.15) is 50.2 Å². The molecule has 2 amide bonds. The van der Waals surface area contributed by atoms with E-state index in [0.29, 0.717) is 13.1 Å². The number of carbonyl (C=O) groups excluding carboxylic acids is 2. The minimum atomic E-state index is -1.02. The number of rotatable bonds is 7. The summed E-state index contributed by atoms with van der Waals surface area (Å²) in [6.45, 7) is 5.21. The molecule has 4 rings (SSSR count). The summed E-state index contributed by atoms with van der Waals surface area (Å²) < 4.78 is 5.58. The third-order valence-electron chi connectivity index (χ3n) is 6.81. The Morgan fingerprint density at radius 2 is 1.65 bits per heavy atom. The summed E-state index contributed by atoms with van der Waals surface area (Å²) in [6.07, 6.45) is -0.155. The summed E-state index contributed by atoms with van der Waals surface area (Å²) in [5, 5.41) is 11.8. The Bertz CT molecular complexity index is 1090. The SMILES string of the molecule is CC1=C(C)CN(C(=O)C(CCC(=O)O)NC(=O)OCC2c3ccccc3-c3ccccc32)CC1. The number of amides is 2. The maximum absolute atomic E-state index is 13.1. The number of carboxylic acid groups (broad SMARTS) is 1. The fourth-order valence-corrected chi connectivity index (χ4v) is 4.73. The first kappa shape index (κ1) is 23.5. The van der Waals surface area contributed by atoms with Gasteiger partial charge in [-0.05, 0) is 48.9 Å². The molecule has 34 heavy (non-hydrogen) atoms. The van der Waals surface area contributed by atoms with Gasteiger partial charge in [-0.1, -0.05) is 59.7 Å². The van der Waals surface area contributed by atoms with Gasteiger partial charge in [-0.2, -0.15) is 0 Å². The van der Waals surface area contributed by atoms with Crippen molar-refractivity contribution in [2.75, 3.05) is 19.7 Å². The van der Waals surface area contributed by atoms with Crippen LogP contribution in [0.4, 0.5) is 4.79 Å². The third-order valence-corrected chi connectivity index (χ3v) is 6.81. The van der Waals surface area contributed by atoms with Crippen LogP contribution < -0.4 is 5.32 Å². The van der Waals surface area contributed by atoms with Crippen LogP contribution >= 0.6 is 0 Å². The molecule has 2 N–H and O–H groups in total. The lowest BCUT2D eigenvalue weighted by Gasteiger charge is -2.32. The number of aliphatic carboxylic acids is 1. The number of carbonyl (C=O) groups is 3. The maximum Gasteiger partial charge on any atom is 0.407 e. The van der Waals surface area contributed by atoms with Crippen LogP contribution in [0, 0.1) is 0 Å². The minimum absolute atomic E-state index is 0.0105. The zero-order chi connectivity index (χ0) is 24.2. The van der Waals surface area contributed by atoms with Crippen molar-refractivity contribution in [3.8, 4) is 11.1 Å². The van der Waals surface area contributed by atoms with E-state index < -0.39 is 18.1 Å². The second-order valence-electron chi connectivity index (χ2n) is 9.03. The molecule has 0 saturated carbocycles. The Morgan fingerprint density at radius 3 is 2.24 bits per heavy atom. The largest absolute Gasteiger partial charge is 0.481 e. The molecule has 0 saturated heterocycles. The molecular weight excluding hydrogens is 432 g/mol. The van der Waals surface area contributed by atoms with Gasteiger partial charge in [0.2, 0.25) is 5.91 Å². The number of hydrogen-bond acceptors (Lipinski definition) is 4. The molecule has 0 radical (unpaired) electrons. The van der Waals surface area contributed by atoms with E-state index in [1.54, 1.807) is 4.90 Å². The topological polar surface area (TPSA) is 95.9 Å². The number of fused-ring (bicyclic) bond motifs is 3. The zero-order valence-corrected chi connectivity index (χ0v) is 19.5. The van der Waals surface area contributed by atoms with Gasteiger partial charge in [0.1, 0.15) is 12.6 Å². The maximum atomic E-state index is 13.1. The molecule has 7 heteroatoms. The standard InChI is InChI=1S/C27H30N2O5/c1-17-13-14-29(15-18(17)2)26(32)24(11-12-25(30)31)28-27(33)34-16-23-21-9-5-3-7-19(21)20-8-4-6-10-22(20)23/h3-10,23-24H,11-16H2,1-2H3,(H,28,33)(H,30,31). The van der Waals surface area contributed by atoms with E-state index in [-0.39, 0.29) is 31.3 Å². The molecule has 0 fully saturated rings. The second-order valence-corrected chi connectivity index (χ2v) is 9.03. The smallest absolute Gasteiger partial charge is 0.407 e. The van der Waals surface area contributed by atoms with Crippen LogP contribution in [0.15, 0.2) is 59.7 Å².